The fraction of sp³-hybridized carbons (Fsp3) is 0.406. The van der Waals surface area contributed by atoms with Gasteiger partial charge in [0.2, 0.25) is 0 Å². The van der Waals surface area contributed by atoms with Crippen molar-refractivity contribution in [2.45, 2.75) is 50.9 Å². The molecule has 5 rings (SSSR count). The fourth-order valence-electron chi connectivity index (χ4n) is 4.88. The third kappa shape index (κ3) is 7.15. The Morgan fingerprint density at radius 1 is 1.05 bits per heavy atom. The summed E-state index contributed by atoms with van der Waals surface area (Å²) in [6.45, 7) is 6.18. The minimum atomic E-state index is -0.167. The first-order valence-electron chi connectivity index (χ1n) is 13.8. The highest BCUT2D eigenvalue weighted by atomic mass is 16.5. The van der Waals surface area contributed by atoms with Crippen LogP contribution in [0.4, 0.5) is 0 Å². The molecular formula is C32H37N3O3. The molecule has 3 aromatic rings. The number of nitrogens with zero attached hydrogens (tertiary/aromatic N) is 2. The quantitative estimate of drug-likeness (QED) is 0.336. The van der Waals surface area contributed by atoms with E-state index in [0.717, 1.165) is 72.9 Å². The maximum atomic E-state index is 12.9. The van der Waals surface area contributed by atoms with E-state index in [4.69, 9.17) is 4.74 Å². The molecule has 1 aliphatic heterocycles. The summed E-state index contributed by atoms with van der Waals surface area (Å²) in [7, 11) is 0. The van der Waals surface area contributed by atoms with E-state index < -0.39 is 0 Å². The molecule has 2 aromatic carbocycles. The zero-order valence-electron chi connectivity index (χ0n) is 22.2. The lowest BCUT2D eigenvalue weighted by Gasteiger charge is -2.25. The van der Waals surface area contributed by atoms with Gasteiger partial charge in [-0.1, -0.05) is 61.5 Å². The standard InChI is InChI=1S/C32H37N3O3/c1-23(32(37)22-29-21-31(34-33-29)28-13-14-28)25-9-11-27(12-10-25)26-7-4-24(5-8-26)6-15-30(36)3-2-16-35-17-19-38-20-18-35/h2-5,7-12,21,23,28H,6,13-20,22H2,1H3,(H,33,34)/b3-2+. The van der Waals surface area contributed by atoms with Crippen LogP contribution in [0.2, 0.25) is 0 Å². The smallest absolute Gasteiger partial charge is 0.155 e. The van der Waals surface area contributed by atoms with Crippen LogP contribution in [0.15, 0.2) is 66.7 Å². The summed E-state index contributed by atoms with van der Waals surface area (Å²) in [5.74, 6) is 0.778. The Balaban J connectivity index is 1.09. The minimum absolute atomic E-state index is 0.164. The molecule has 6 heteroatoms. The molecule has 2 heterocycles. The van der Waals surface area contributed by atoms with Crippen molar-refractivity contribution in [3.8, 4) is 11.1 Å². The third-order valence-electron chi connectivity index (χ3n) is 7.62. The molecule has 38 heavy (non-hydrogen) atoms. The van der Waals surface area contributed by atoms with Gasteiger partial charge in [-0.3, -0.25) is 19.6 Å². The van der Waals surface area contributed by atoms with Gasteiger partial charge in [0.15, 0.2) is 5.78 Å². The number of hydrogen-bond donors (Lipinski definition) is 1. The van der Waals surface area contributed by atoms with Crippen molar-refractivity contribution in [3.05, 3.63) is 89.3 Å². The second kappa shape index (κ2) is 12.5. The molecule has 1 aromatic heterocycles. The lowest BCUT2D eigenvalue weighted by atomic mass is 9.92. The second-order valence-corrected chi connectivity index (χ2v) is 10.6. The van der Waals surface area contributed by atoms with Crippen molar-refractivity contribution < 1.29 is 14.3 Å². The maximum absolute atomic E-state index is 12.9. The predicted octanol–water partition coefficient (Wildman–Crippen LogP) is 5.26. The molecule has 1 atom stereocenters. The summed E-state index contributed by atoms with van der Waals surface area (Å²) in [6, 6.07) is 18.7. The molecule has 198 valence electrons. The van der Waals surface area contributed by atoms with Crippen LogP contribution in [0.1, 0.15) is 60.5 Å². The average molecular weight is 512 g/mol. The SMILES string of the molecule is CC(C(=O)Cc1cc(C2CC2)n[nH]1)c1ccc(-c2ccc(CCC(=O)/C=C/CN3CCOCC3)cc2)cc1. The summed E-state index contributed by atoms with van der Waals surface area (Å²) in [5, 5.41) is 7.40. The topological polar surface area (TPSA) is 75.3 Å². The van der Waals surface area contributed by atoms with Gasteiger partial charge in [0, 0.05) is 50.0 Å². The Morgan fingerprint density at radius 3 is 2.42 bits per heavy atom. The van der Waals surface area contributed by atoms with Gasteiger partial charge in [0.25, 0.3) is 0 Å². The maximum Gasteiger partial charge on any atom is 0.155 e. The first-order chi connectivity index (χ1) is 18.5. The van der Waals surface area contributed by atoms with E-state index in [1.165, 1.54) is 12.8 Å². The first kappa shape index (κ1) is 26.3. The van der Waals surface area contributed by atoms with Crippen molar-refractivity contribution in [2.24, 2.45) is 0 Å². The van der Waals surface area contributed by atoms with E-state index in [9.17, 15) is 9.59 Å². The molecule has 1 aliphatic carbocycles. The number of ketones is 2. The molecule has 0 amide bonds. The van der Waals surface area contributed by atoms with Gasteiger partial charge in [-0.2, -0.15) is 5.10 Å². The molecule has 1 saturated carbocycles. The fourth-order valence-corrected chi connectivity index (χ4v) is 4.88. The van der Waals surface area contributed by atoms with Crippen LogP contribution >= 0.6 is 0 Å². The monoisotopic (exact) mass is 511 g/mol. The highest BCUT2D eigenvalue weighted by Gasteiger charge is 2.26. The molecule has 0 bridgehead atoms. The normalized spacial score (nSPS) is 17.1. The van der Waals surface area contributed by atoms with Crippen molar-refractivity contribution in [2.75, 3.05) is 32.8 Å². The number of Topliss-reactive ketones (excluding diaryl/α,β-unsaturated/α-hetero) is 1. The van der Waals surface area contributed by atoms with Gasteiger partial charge in [-0.15, -0.1) is 0 Å². The first-order valence-corrected chi connectivity index (χ1v) is 13.8. The van der Waals surface area contributed by atoms with Crippen molar-refractivity contribution in [1.82, 2.24) is 15.1 Å². The van der Waals surface area contributed by atoms with Crippen LogP contribution in [-0.2, 0) is 27.2 Å². The van der Waals surface area contributed by atoms with Gasteiger partial charge in [0.1, 0.15) is 5.78 Å². The molecule has 1 saturated heterocycles. The lowest BCUT2D eigenvalue weighted by Crippen LogP contribution is -2.36. The van der Waals surface area contributed by atoms with E-state index in [1.54, 1.807) is 6.08 Å². The van der Waals surface area contributed by atoms with Crippen LogP contribution in [0.3, 0.4) is 0 Å². The number of allylic oxidation sites excluding steroid dienone is 1. The number of morpholine rings is 1. The van der Waals surface area contributed by atoms with Gasteiger partial charge in [-0.25, -0.2) is 0 Å². The summed E-state index contributed by atoms with van der Waals surface area (Å²) in [5.41, 5.74) is 6.43. The Labute approximate surface area is 225 Å². The number of aromatic amines is 1. The molecule has 0 radical (unpaired) electrons. The van der Waals surface area contributed by atoms with E-state index in [-0.39, 0.29) is 17.5 Å². The number of aromatic nitrogens is 2. The summed E-state index contributed by atoms with van der Waals surface area (Å²) in [6.07, 6.45) is 7.73. The molecule has 1 N–H and O–H groups in total. The molecular weight excluding hydrogens is 474 g/mol. The number of hydrogen-bond acceptors (Lipinski definition) is 5. The predicted molar refractivity (Wildman–Crippen MR) is 149 cm³/mol. The number of H-pyrrole nitrogens is 1. The Bertz CT molecular complexity index is 1250. The van der Waals surface area contributed by atoms with Gasteiger partial charge in [-0.05, 0) is 53.7 Å². The van der Waals surface area contributed by atoms with Crippen LogP contribution in [-0.4, -0.2) is 59.5 Å². The molecule has 0 spiro atoms. The van der Waals surface area contributed by atoms with Crippen molar-refractivity contribution in [3.63, 3.8) is 0 Å². The number of carbonyl (C=O) groups is 2. The number of ether oxygens (including phenoxy) is 1. The van der Waals surface area contributed by atoms with Gasteiger partial charge < -0.3 is 4.74 Å². The van der Waals surface area contributed by atoms with E-state index in [0.29, 0.717) is 18.8 Å². The Hall–Kier alpha value is -3.35. The average Bonchev–Trinajstić information content (AvgIpc) is 3.71. The van der Waals surface area contributed by atoms with Crippen LogP contribution in [0, 0.1) is 0 Å². The third-order valence-corrected chi connectivity index (χ3v) is 7.62. The summed E-state index contributed by atoms with van der Waals surface area (Å²) in [4.78, 5) is 27.4. The highest BCUT2D eigenvalue weighted by molar-refractivity contribution is 5.89. The number of nitrogens with one attached hydrogen (secondary N) is 1. The second-order valence-electron chi connectivity index (χ2n) is 10.6. The molecule has 2 fully saturated rings. The number of rotatable bonds is 12. The van der Waals surface area contributed by atoms with Gasteiger partial charge in [0.05, 0.1) is 18.9 Å². The summed E-state index contributed by atoms with van der Waals surface area (Å²) >= 11 is 0. The van der Waals surface area contributed by atoms with E-state index in [2.05, 4.69) is 63.6 Å². The van der Waals surface area contributed by atoms with Crippen LogP contribution in [0.25, 0.3) is 11.1 Å². The number of carbonyl (C=O) groups excluding carboxylic acids is 2. The minimum Gasteiger partial charge on any atom is -0.379 e. The summed E-state index contributed by atoms with van der Waals surface area (Å²) < 4.78 is 5.35. The van der Waals surface area contributed by atoms with Gasteiger partial charge >= 0.3 is 0 Å². The van der Waals surface area contributed by atoms with Crippen molar-refractivity contribution >= 4 is 11.6 Å². The lowest BCUT2D eigenvalue weighted by molar-refractivity contribution is -0.119. The molecule has 6 nitrogen and oxygen atoms in total. The van der Waals surface area contributed by atoms with Crippen LogP contribution < -0.4 is 0 Å². The molecule has 1 unspecified atom stereocenters. The van der Waals surface area contributed by atoms with Crippen molar-refractivity contribution in [1.29, 1.82) is 0 Å². The number of benzene rings is 2. The van der Waals surface area contributed by atoms with E-state index in [1.807, 2.05) is 19.1 Å². The Morgan fingerprint density at radius 2 is 1.74 bits per heavy atom. The zero-order chi connectivity index (χ0) is 26.3. The number of aryl methyl sites for hydroxylation is 1. The zero-order valence-corrected chi connectivity index (χ0v) is 22.2. The van der Waals surface area contributed by atoms with E-state index >= 15 is 0 Å². The highest BCUT2D eigenvalue weighted by Crippen LogP contribution is 2.39. The molecule has 2 aliphatic rings. The Kier molecular flexibility index (Phi) is 8.61. The largest absolute Gasteiger partial charge is 0.379 e. The van der Waals surface area contributed by atoms with Crippen LogP contribution in [0.5, 0.6) is 0 Å².